The fourth-order valence-electron chi connectivity index (χ4n) is 3.46. The van der Waals surface area contributed by atoms with Gasteiger partial charge in [-0.1, -0.05) is 32.9 Å². The second kappa shape index (κ2) is 7.26. The molecule has 0 aliphatic rings. The van der Waals surface area contributed by atoms with Gasteiger partial charge in [0.05, 0.1) is 11.0 Å². The van der Waals surface area contributed by atoms with Crippen LogP contribution in [0.1, 0.15) is 38.3 Å². The maximum atomic E-state index is 13.7. The molecular weight excluding hydrogens is 385 g/mol. The second-order valence-corrected chi connectivity index (χ2v) is 9.61. The van der Waals surface area contributed by atoms with Crippen molar-refractivity contribution < 1.29 is 9.18 Å². The van der Waals surface area contributed by atoms with E-state index in [1.54, 1.807) is 5.38 Å². The maximum absolute atomic E-state index is 13.7. The van der Waals surface area contributed by atoms with Crippen molar-refractivity contribution >= 4 is 44.2 Å². The molecule has 1 N–H and O–H groups in total. The summed E-state index contributed by atoms with van der Waals surface area (Å²) in [4.78, 5) is 16.9. The molecule has 6 heteroatoms. The third kappa shape index (κ3) is 4.17. The summed E-state index contributed by atoms with van der Waals surface area (Å²) in [5, 5.41) is 5.16. The van der Waals surface area contributed by atoms with Crippen LogP contribution in [-0.2, 0) is 11.3 Å². The topological polar surface area (TPSA) is 46.9 Å². The highest BCUT2D eigenvalue weighted by atomic mass is 32.1. The van der Waals surface area contributed by atoms with Crippen LogP contribution in [0.3, 0.4) is 0 Å². The number of nitrogens with one attached hydrogen (secondary N) is 1. The predicted molar refractivity (Wildman–Crippen MR) is 118 cm³/mol. The van der Waals surface area contributed by atoms with Crippen LogP contribution in [0.25, 0.3) is 21.1 Å². The van der Waals surface area contributed by atoms with E-state index in [4.69, 9.17) is 0 Å². The Hall–Kier alpha value is -2.73. The lowest BCUT2D eigenvalue weighted by molar-refractivity contribution is -0.117. The lowest BCUT2D eigenvalue weighted by Crippen LogP contribution is -2.20. The van der Waals surface area contributed by atoms with Crippen LogP contribution in [0, 0.1) is 18.2 Å². The smallest absolute Gasteiger partial charge is 0.226 e. The van der Waals surface area contributed by atoms with Crippen molar-refractivity contribution in [3.05, 3.63) is 58.9 Å². The molecule has 0 spiro atoms. The maximum Gasteiger partial charge on any atom is 0.226 e. The molecule has 0 aliphatic heterocycles. The van der Waals surface area contributed by atoms with Gasteiger partial charge in [-0.05, 0) is 41.7 Å². The molecule has 4 rings (SSSR count). The van der Waals surface area contributed by atoms with Gasteiger partial charge in [-0.15, -0.1) is 11.3 Å². The minimum atomic E-state index is -0.163. The summed E-state index contributed by atoms with van der Waals surface area (Å²) in [6, 6.07) is 9.85. The third-order valence-electron chi connectivity index (χ3n) is 4.84. The Labute approximate surface area is 173 Å². The number of thiophene rings is 1. The highest BCUT2D eigenvalue weighted by Gasteiger charge is 2.17. The normalized spacial score (nSPS) is 12.0. The van der Waals surface area contributed by atoms with E-state index in [2.05, 4.69) is 20.9 Å². The largest absolute Gasteiger partial charge is 0.342 e. The van der Waals surface area contributed by atoms with Crippen molar-refractivity contribution in [3.8, 4) is 0 Å². The summed E-state index contributed by atoms with van der Waals surface area (Å²) < 4.78 is 16.8. The van der Waals surface area contributed by atoms with E-state index < -0.39 is 0 Å². The van der Waals surface area contributed by atoms with E-state index in [0.29, 0.717) is 24.2 Å². The number of pyridine rings is 1. The number of carbonyl (C=O) groups is 1. The van der Waals surface area contributed by atoms with Gasteiger partial charge in [0.15, 0.2) is 0 Å². The Morgan fingerprint density at radius 3 is 2.79 bits per heavy atom. The van der Waals surface area contributed by atoms with Gasteiger partial charge in [0.1, 0.15) is 11.6 Å². The van der Waals surface area contributed by atoms with Crippen molar-refractivity contribution in [2.75, 3.05) is 5.32 Å². The number of hydrogen-bond acceptors (Lipinski definition) is 3. The van der Waals surface area contributed by atoms with Crippen molar-refractivity contribution in [3.63, 3.8) is 0 Å². The Kier molecular flexibility index (Phi) is 4.90. The SMILES string of the molecule is Cc1cc2c(ccn2Cc2ccc3c(F)csc3c2)nc1NC(=O)CC(C)(C)C. The highest BCUT2D eigenvalue weighted by Crippen LogP contribution is 2.27. The number of aryl methyl sites for hydroxylation is 1. The first kappa shape index (κ1) is 19.6. The van der Waals surface area contributed by atoms with Crippen LogP contribution in [0.15, 0.2) is 41.9 Å². The Morgan fingerprint density at radius 1 is 1.24 bits per heavy atom. The Morgan fingerprint density at radius 2 is 2.03 bits per heavy atom. The third-order valence-corrected chi connectivity index (χ3v) is 5.75. The molecule has 3 heterocycles. The fourth-order valence-corrected chi connectivity index (χ4v) is 4.33. The van der Waals surface area contributed by atoms with Crippen molar-refractivity contribution in [1.82, 2.24) is 9.55 Å². The Bertz CT molecular complexity index is 1220. The summed E-state index contributed by atoms with van der Waals surface area (Å²) in [5.74, 6) is 0.423. The summed E-state index contributed by atoms with van der Waals surface area (Å²) >= 11 is 1.42. The van der Waals surface area contributed by atoms with E-state index >= 15 is 0 Å². The quantitative estimate of drug-likeness (QED) is 0.441. The first-order valence-corrected chi connectivity index (χ1v) is 10.5. The summed E-state index contributed by atoms with van der Waals surface area (Å²) in [6.07, 6.45) is 2.44. The number of hydrogen-bond donors (Lipinski definition) is 1. The number of rotatable bonds is 4. The fraction of sp³-hybridized carbons (Fsp3) is 0.304. The molecule has 0 radical (unpaired) electrons. The first-order valence-electron chi connectivity index (χ1n) is 9.61. The van der Waals surface area contributed by atoms with Crippen LogP contribution in [0.5, 0.6) is 0 Å². The molecule has 1 amide bonds. The zero-order valence-electron chi connectivity index (χ0n) is 17.0. The molecule has 0 saturated heterocycles. The van der Waals surface area contributed by atoms with Gasteiger partial charge < -0.3 is 9.88 Å². The molecular formula is C23H24FN3OS. The van der Waals surface area contributed by atoms with E-state index in [1.165, 1.54) is 11.3 Å². The minimum absolute atomic E-state index is 0.0247. The van der Waals surface area contributed by atoms with E-state index in [-0.39, 0.29) is 17.1 Å². The first-order chi connectivity index (χ1) is 13.7. The van der Waals surface area contributed by atoms with Gasteiger partial charge in [0, 0.05) is 34.6 Å². The molecule has 3 aromatic heterocycles. The Balaban J connectivity index is 1.60. The van der Waals surface area contributed by atoms with Gasteiger partial charge in [-0.2, -0.15) is 0 Å². The molecule has 150 valence electrons. The van der Waals surface area contributed by atoms with Crippen LogP contribution < -0.4 is 5.32 Å². The zero-order valence-corrected chi connectivity index (χ0v) is 17.9. The van der Waals surface area contributed by atoms with Crippen molar-refractivity contribution in [1.29, 1.82) is 0 Å². The highest BCUT2D eigenvalue weighted by molar-refractivity contribution is 7.17. The van der Waals surface area contributed by atoms with Crippen molar-refractivity contribution in [2.24, 2.45) is 5.41 Å². The molecule has 0 bridgehead atoms. The number of aromatic nitrogens is 2. The van der Waals surface area contributed by atoms with Crippen LogP contribution in [-0.4, -0.2) is 15.5 Å². The molecule has 1 aromatic carbocycles. The van der Waals surface area contributed by atoms with Crippen molar-refractivity contribution in [2.45, 2.75) is 40.7 Å². The number of halogens is 1. The number of fused-ring (bicyclic) bond motifs is 2. The molecule has 0 unspecified atom stereocenters. The molecule has 0 saturated carbocycles. The number of nitrogens with zero attached hydrogens (tertiary/aromatic N) is 2. The van der Waals surface area contributed by atoms with Gasteiger partial charge in [-0.25, -0.2) is 9.37 Å². The number of anilines is 1. The molecule has 4 aromatic rings. The van der Waals surface area contributed by atoms with E-state index in [9.17, 15) is 9.18 Å². The van der Waals surface area contributed by atoms with E-state index in [0.717, 1.165) is 26.9 Å². The average molecular weight is 410 g/mol. The number of benzene rings is 1. The molecule has 4 nitrogen and oxygen atoms in total. The second-order valence-electron chi connectivity index (χ2n) is 8.70. The van der Waals surface area contributed by atoms with Crippen LogP contribution in [0.4, 0.5) is 10.2 Å². The van der Waals surface area contributed by atoms with Gasteiger partial charge in [0.25, 0.3) is 0 Å². The molecule has 29 heavy (non-hydrogen) atoms. The monoisotopic (exact) mass is 409 g/mol. The summed E-state index contributed by atoms with van der Waals surface area (Å²) in [7, 11) is 0. The standard InChI is InChI=1S/C23H24FN3OS/c1-14-9-19-18(25-22(14)26-21(28)11-23(2,3)4)7-8-27(19)12-15-5-6-16-17(24)13-29-20(16)10-15/h5-10,13H,11-12H2,1-4H3,(H,25,26,28). The lowest BCUT2D eigenvalue weighted by atomic mass is 9.92. The summed E-state index contributed by atoms with van der Waals surface area (Å²) in [5.41, 5.74) is 3.81. The van der Waals surface area contributed by atoms with Gasteiger partial charge in [-0.3, -0.25) is 4.79 Å². The minimum Gasteiger partial charge on any atom is -0.342 e. The molecule has 0 aliphatic carbocycles. The average Bonchev–Trinajstić information content (AvgIpc) is 3.17. The van der Waals surface area contributed by atoms with E-state index in [1.807, 2.05) is 58.2 Å². The predicted octanol–water partition coefficient (Wildman–Crippen LogP) is 6.12. The summed E-state index contributed by atoms with van der Waals surface area (Å²) in [6.45, 7) is 8.75. The number of carbonyl (C=O) groups excluding carboxylic acids is 1. The van der Waals surface area contributed by atoms with Crippen LogP contribution >= 0.6 is 11.3 Å². The lowest BCUT2D eigenvalue weighted by Gasteiger charge is -2.17. The van der Waals surface area contributed by atoms with Gasteiger partial charge in [0.2, 0.25) is 5.91 Å². The zero-order chi connectivity index (χ0) is 20.8. The molecule has 0 atom stereocenters. The number of amides is 1. The van der Waals surface area contributed by atoms with Crippen LogP contribution in [0.2, 0.25) is 0 Å². The van der Waals surface area contributed by atoms with Gasteiger partial charge >= 0.3 is 0 Å². The molecule has 0 fully saturated rings.